The second kappa shape index (κ2) is 7.49. The van der Waals surface area contributed by atoms with Crippen LogP contribution in [0.3, 0.4) is 0 Å². The van der Waals surface area contributed by atoms with Crippen molar-refractivity contribution in [2.75, 3.05) is 32.0 Å². The first kappa shape index (κ1) is 17.2. The maximum Gasteiger partial charge on any atom is 0.254 e. The average Bonchev–Trinajstić information content (AvgIpc) is 2.62. The van der Waals surface area contributed by atoms with Crippen LogP contribution in [0.15, 0.2) is 54.6 Å². The predicted octanol–water partition coefficient (Wildman–Crippen LogP) is 2.77. The van der Waals surface area contributed by atoms with E-state index in [0.717, 1.165) is 6.54 Å². The second-order valence-electron chi connectivity index (χ2n) is 6.42. The van der Waals surface area contributed by atoms with Gasteiger partial charge in [-0.05, 0) is 30.8 Å². The predicted molar refractivity (Wildman–Crippen MR) is 98.5 cm³/mol. The van der Waals surface area contributed by atoms with E-state index in [0.29, 0.717) is 24.3 Å². The Bertz CT molecular complexity index is 761. The molecule has 1 unspecified atom stereocenters. The van der Waals surface area contributed by atoms with E-state index in [-0.39, 0.29) is 17.9 Å². The molecule has 1 aliphatic heterocycles. The standard InChI is InChI=1S/C20H23N3O2/c1-15(24)21-18-10-6-9-17(13-18)20(25)23-12-11-22(2)19(14-23)16-7-4-3-5-8-16/h3-10,13,19H,11-12,14H2,1-2H3,(H,21,24). The SMILES string of the molecule is CC(=O)Nc1cccc(C(=O)N2CCN(C)C(c3ccccc3)C2)c1. The van der Waals surface area contributed by atoms with E-state index in [1.807, 2.05) is 23.1 Å². The first-order valence-corrected chi connectivity index (χ1v) is 8.46. The smallest absolute Gasteiger partial charge is 0.254 e. The molecular formula is C20H23N3O2. The molecule has 1 aliphatic rings. The van der Waals surface area contributed by atoms with Gasteiger partial charge in [0.15, 0.2) is 0 Å². The van der Waals surface area contributed by atoms with Gasteiger partial charge in [0.25, 0.3) is 5.91 Å². The van der Waals surface area contributed by atoms with Gasteiger partial charge in [0, 0.05) is 37.8 Å². The Kier molecular flexibility index (Phi) is 5.14. The number of amides is 2. The Labute approximate surface area is 148 Å². The third-order valence-electron chi connectivity index (χ3n) is 4.55. The monoisotopic (exact) mass is 337 g/mol. The largest absolute Gasteiger partial charge is 0.335 e. The molecular weight excluding hydrogens is 314 g/mol. The number of likely N-dealkylation sites (N-methyl/N-ethyl adjacent to an activating group) is 1. The summed E-state index contributed by atoms with van der Waals surface area (Å²) in [6.45, 7) is 3.64. The molecule has 0 saturated carbocycles. The third kappa shape index (κ3) is 4.06. The second-order valence-corrected chi connectivity index (χ2v) is 6.42. The highest BCUT2D eigenvalue weighted by Crippen LogP contribution is 2.25. The van der Waals surface area contributed by atoms with Crippen LogP contribution in [0.5, 0.6) is 0 Å². The Morgan fingerprint density at radius 3 is 2.52 bits per heavy atom. The molecule has 1 N–H and O–H groups in total. The Balaban J connectivity index is 1.77. The summed E-state index contributed by atoms with van der Waals surface area (Å²) in [7, 11) is 2.09. The summed E-state index contributed by atoms with van der Waals surface area (Å²) < 4.78 is 0. The highest BCUT2D eigenvalue weighted by Gasteiger charge is 2.28. The third-order valence-corrected chi connectivity index (χ3v) is 4.55. The van der Waals surface area contributed by atoms with Crippen molar-refractivity contribution in [1.29, 1.82) is 0 Å². The molecule has 1 heterocycles. The minimum absolute atomic E-state index is 0.00114. The van der Waals surface area contributed by atoms with E-state index in [9.17, 15) is 9.59 Å². The maximum atomic E-state index is 12.9. The molecule has 0 aromatic heterocycles. The highest BCUT2D eigenvalue weighted by atomic mass is 16.2. The maximum absolute atomic E-state index is 12.9. The van der Waals surface area contributed by atoms with Gasteiger partial charge < -0.3 is 10.2 Å². The number of carbonyl (C=O) groups excluding carboxylic acids is 2. The average molecular weight is 337 g/mol. The van der Waals surface area contributed by atoms with Gasteiger partial charge in [0.2, 0.25) is 5.91 Å². The number of carbonyl (C=O) groups is 2. The van der Waals surface area contributed by atoms with Gasteiger partial charge in [0.1, 0.15) is 0 Å². The fourth-order valence-electron chi connectivity index (χ4n) is 3.21. The number of rotatable bonds is 3. The molecule has 2 amide bonds. The van der Waals surface area contributed by atoms with Crippen LogP contribution in [0.25, 0.3) is 0 Å². The molecule has 0 aliphatic carbocycles. The van der Waals surface area contributed by atoms with E-state index in [1.54, 1.807) is 24.3 Å². The van der Waals surface area contributed by atoms with Gasteiger partial charge in [0.05, 0.1) is 6.04 Å². The summed E-state index contributed by atoms with van der Waals surface area (Å²) in [6, 6.07) is 17.6. The topological polar surface area (TPSA) is 52.7 Å². The van der Waals surface area contributed by atoms with Gasteiger partial charge >= 0.3 is 0 Å². The van der Waals surface area contributed by atoms with Crippen LogP contribution >= 0.6 is 0 Å². The summed E-state index contributed by atoms with van der Waals surface area (Å²) >= 11 is 0. The minimum Gasteiger partial charge on any atom is -0.335 e. The number of nitrogens with one attached hydrogen (secondary N) is 1. The van der Waals surface area contributed by atoms with Crippen LogP contribution in [0.1, 0.15) is 28.9 Å². The zero-order valence-electron chi connectivity index (χ0n) is 14.6. The lowest BCUT2D eigenvalue weighted by molar-refractivity contribution is -0.114. The Hall–Kier alpha value is -2.66. The molecule has 0 spiro atoms. The van der Waals surface area contributed by atoms with E-state index in [4.69, 9.17) is 0 Å². The molecule has 0 bridgehead atoms. The number of hydrogen-bond donors (Lipinski definition) is 1. The van der Waals surface area contributed by atoms with Crippen molar-refractivity contribution in [1.82, 2.24) is 9.80 Å². The molecule has 2 aromatic carbocycles. The van der Waals surface area contributed by atoms with Crippen molar-refractivity contribution in [3.05, 3.63) is 65.7 Å². The fraction of sp³-hybridized carbons (Fsp3) is 0.300. The summed E-state index contributed by atoms with van der Waals surface area (Å²) in [6.07, 6.45) is 0. The minimum atomic E-state index is -0.145. The summed E-state index contributed by atoms with van der Waals surface area (Å²) in [5.74, 6) is -0.144. The lowest BCUT2D eigenvalue weighted by atomic mass is 10.0. The fourth-order valence-corrected chi connectivity index (χ4v) is 3.21. The molecule has 1 atom stereocenters. The molecule has 3 rings (SSSR count). The number of benzene rings is 2. The first-order chi connectivity index (χ1) is 12.0. The molecule has 0 radical (unpaired) electrons. The number of anilines is 1. The molecule has 130 valence electrons. The lowest BCUT2D eigenvalue weighted by Gasteiger charge is -2.39. The van der Waals surface area contributed by atoms with Crippen LogP contribution in [0, 0.1) is 0 Å². The first-order valence-electron chi connectivity index (χ1n) is 8.46. The number of nitrogens with zero attached hydrogens (tertiary/aromatic N) is 2. The van der Waals surface area contributed by atoms with Crippen LogP contribution in [-0.4, -0.2) is 48.3 Å². The van der Waals surface area contributed by atoms with E-state index < -0.39 is 0 Å². The van der Waals surface area contributed by atoms with Crippen LogP contribution < -0.4 is 5.32 Å². The van der Waals surface area contributed by atoms with E-state index in [2.05, 4.69) is 29.4 Å². The van der Waals surface area contributed by atoms with Crippen LogP contribution in [0.2, 0.25) is 0 Å². The van der Waals surface area contributed by atoms with Gasteiger partial charge in [-0.2, -0.15) is 0 Å². The number of hydrogen-bond acceptors (Lipinski definition) is 3. The summed E-state index contributed by atoms with van der Waals surface area (Å²) in [4.78, 5) is 28.3. The van der Waals surface area contributed by atoms with E-state index >= 15 is 0 Å². The summed E-state index contributed by atoms with van der Waals surface area (Å²) in [5.41, 5.74) is 2.46. The zero-order valence-corrected chi connectivity index (χ0v) is 14.6. The quantitative estimate of drug-likeness (QED) is 0.937. The molecule has 1 saturated heterocycles. The van der Waals surface area contributed by atoms with Crippen LogP contribution in [0.4, 0.5) is 5.69 Å². The number of piperazine rings is 1. The lowest BCUT2D eigenvalue weighted by Crippen LogP contribution is -2.49. The van der Waals surface area contributed by atoms with Gasteiger partial charge in [-0.3, -0.25) is 14.5 Å². The Morgan fingerprint density at radius 1 is 1.04 bits per heavy atom. The molecule has 5 heteroatoms. The molecule has 5 nitrogen and oxygen atoms in total. The Morgan fingerprint density at radius 2 is 1.80 bits per heavy atom. The van der Waals surface area contributed by atoms with Crippen molar-refractivity contribution in [3.63, 3.8) is 0 Å². The molecule has 1 fully saturated rings. The van der Waals surface area contributed by atoms with Crippen molar-refractivity contribution in [2.24, 2.45) is 0 Å². The highest BCUT2D eigenvalue weighted by molar-refractivity contribution is 5.96. The molecule has 25 heavy (non-hydrogen) atoms. The summed E-state index contributed by atoms with van der Waals surface area (Å²) in [5, 5.41) is 2.73. The van der Waals surface area contributed by atoms with E-state index in [1.165, 1.54) is 12.5 Å². The normalized spacial score (nSPS) is 18.0. The van der Waals surface area contributed by atoms with Crippen molar-refractivity contribution >= 4 is 17.5 Å². The van der Waals surface area contributed by atoms with Crippen molar-refractivity contribution < 1.29 is 9.59 Å². The zero-order chi connectivity index (χ0) is 17.8. The van der Waals surface area contributed by atoms with Crippen molar-refractivity contribution in [3.8, 4) is 0 Å². The van der Waals surface area contributed by atoms with Gasteiger partial charge in [-0.25, -0.2) is 0 Å². The van der Waals surface area contributed by atoms with Crippen molar-refractivity contribution in [2.45, 2.75) is 13.0 Å². The van der Waals surface area contributed by atoms with Crippen LogP contribution in [-0.2, 0) is 4.79 Å². The van der Waals surface area contributed by atoms with Gasteiger partial charge in [-0.15, -0.1) is 0 Å². The van der Waals surface area contributed by atoms with Gasteiger partial charge in [-0.1, -0.05) is 36.4 Å². The molecule has 2 aromatic rings.